The van der Waals surface area contributed by atoms with Gasteiger partial charge in [0.05, 0.1) is 41.9 Å². The summed E-state index contributed by atoms with van der Waals surface area (Å²) in [7, 11) is 1.79. The molecule has 3 aliphatic rings. The molecule has 3 aliphatic heterocycles. The number of nitrogens with zero attached hydrogens (tertiary/aromatic N) is 2. The fourth-order valence-electron chi connectivity index (χ4n) is 6.72. The molecule has 2 fully saturated rings. The van der Waals surface area contributed by atoms with E-state index < -0.39 is 10.8 Å². The van der Waals surface area contributed by atoms with Crippen LogP contribution in [0.15, 0.2) is 41.3 Å². The molecule has 2 aromatic carbocycles. The van der Waals surface area contributed by atoms with E-state index >= 15 is 0 Å². The maximum absolute atomic E-state index is 13.9. The van der Waals surface area contributed by atoms with Gasteiger partial charge in [-0.15, -0.1) is 0 Å². The van der Waals surface area contributed by atoms with E-state index in [0.29, 0.717) is 38.8 Å². The highest BCUT2D eigenvalue weighted by molar-refractivity contribution is 7.84. The average Bonchev–Trinajstić information content (AvgIpc) is 3.81. The number of likely N-dealkylation sites (tertiary alicyclic amines) is 2. The predicted octanol–water partition coefficient (Wildman–Crippen LogP) is 5.15. The zero-order chi connectivity index (χ0) is 31.0. The number of carbonyl (C=O) groups excluding carboxylic acids is 2. The molecule has 4 heterocycles. The molecule has 2 saturated heterocycles. The van der Waals surface area contributed by atoms with Gasteiger partial charge in [0.15, 0.2) is 0 Å². The summed E-state index contributed by atoms with van der Waals surface area (Å²) in [6, 6.07) is 11.1. The Morgan fingerprint density at radius 1 is 1.02 bits per heavy atom. The summed E-state index contributed by atoms with van der Waals surface area (Å²) >= 11 is 0. The number of hydrogen-bond donors (Lipinski definition) is 2. The standard InChI is InChI=1S/C34H40N4O5S/c1-21-31(35-22(2)32(21)34(40)38-13-7-8-24(38)19-37-11-5-6-12-37)18-29-28-17-27(9-10-30(28)36-33(29)39)44(41)20-23-14-25(42-3)16-26(15-23)43-4/h9-10,14-18,24,35H,5-8,11-13,19-20H2,1-4H3,(H,36,39)/b29-18-/t24-,44?/m1/s1. The Hall–Kier alpha value is -3.89. The van der Waals surface area contributed by atoms with E-state index in [1.165, 1.54) is 12.8 Å². The Bertz CT molecular complexity index is 1630. The molecule has 44 heavy (non-hydrogen) atoms. The first-order valence-electron chi connectivity index (χ1n) is 15.3. The number of benzene rings is 2. The van der Waals surface area contributed by atoms with E-state index in [0.717, 1.165) is 61.5 Å². The summed E-state index contributed by atoms with van der Waals surface area (Å²) in [4.78, 5) is 35.5. The Balaban J connectivity index is 1.25. The number of carbonyl (C=O) groups is 2. The van der Waals surface area contributed by atoms with E-state index in [-0.39, 0.29) is 23.6 Å². The van der Waals surface area contributed by atoms with Crippen LogP contribution in [0.3, 0.4) is 0 Å². The maximum atomic E-state index is 13.9. The monoisotopic (exact) mass is 616 g/mol. The lowest BCUT2D eigenvalue weighted by molar-refractivity contribution is -0.110. The molecule has 2 N–H and O–H groups in total. The van der Waals surface area contributed by atoms with Crippen LogP contribution in [-0.4, -0.2) is 77.2 Å². The second-order valence-electron chi connectivity index (χ2n) is 11.9. The summed E-state index contributed by atoms with van der Waals surface area (Å²) in [6.45, 7) is 7.81. The molecule has 1 unspecified atom stereocenters. The molecule has 0 aliphatic carbocycles. The van der Waals surface area contributed by atoms with Crippen LogP contribution in [0.2, 0.25) is 0 Å². The molecule has 6 rings (SSSR count). The van der Waals surface area contributed by atoms with E-state index in [4.69, 9.17) is 9.47 Å². The summed E-state index contributed by atoms with van der Waals surface area (Å²) in [5.74, 6) is 1.36. The number of aromatic amines is 1. The predicted molar refractivity (Wildman–Crippen MR) is 173 cm³/mol. The highest BCUT2D eigenvalue weighted by atomic mass is 32.2. The normalized spacial score (nSPS) is 19.8. The first-order chi connectivity index (χ1) is 21.2. The highest BCUT2D eigenvalue weighted by Gasteiger charge is 2.34. The number of rotatable bonds is 9. The number of H-pyrrole nitrogens is 1. The van der Waals surface area contributed by atoms with E-state index in [1.54, 1.807) is 32.4 Å². The van der Waals surface area contributed by atoms with Crippen LogP contribution in [0.4, 0.5) is 5.69 Å². The summed E-state index contributed by atoms with van der Waals surface area (Å²) in [6.07, 6.45) is 6.34. The van der Waals surface area contributed by atoms with E-state index in [2.05, 4.69) is 20.1 Å². The van der Waals surface area contributed by atoms with Gasteiger partial charge in [-0.2, -0.15) is 0 Å². The summed E-state index contributed by atoms with van der Waals surface area (Å²) in [5.41, 5.74) is 5.70. The van der Waals surface area contributed by atoms with E-state index in [9.17, 15) is 13.8 Å². The molecule has 232 valence electrons. The number of ether oxygens (including phenoxy) is 2. The van der Waals surface area contributed by atoms with Crippen molar-refractivity contribution in [2.24, 2.45) is 0 Å². The number of methoxy groups -OCH3 is 2. The van der Waals surface area contributed by atoms with Crippen molar-refractivity contribution in [1.29, 1.82) is 0 Å². The van der Waals surface area contributed by atoms with Crippen LogP contribution in [0, 0.1) is 13.8 Å². The zero-order valence-corrected chi connectivity index (χ0v) is 26.6. The molecular formula is C34H40N4O5S. The number of amides is 2. The van der Waals surface area contributed by atoms with Crippen LogP contribution < -0.4 is 14.8 Å². The van der Waals surface area contributed by atoms with Gasteiger partial charge in [-0.1, -0.05) is 0 Å². The van der Waals surface area contributed by atoms with Crippen LogP contribution in [-0.2, 0) is 21.3 Å². The second-order valence-corrected chi connectivity index (χ2v) is 13.3. The van der Waals surface area contributed by atoms with Crippen molar-refractivity contribution in [1.82, 2.24) is 14.8 Å². The Kier molecular flexibility index (Phi) is 8.64. The van der Waals surface area contributed by atoms with Crippen molar-refractivity contribution < 1.29 is 23.3 Å². The number of anilines is 1. The van der Waals surface area contributed by atoms with Gasteiger partial charge in [-0.3, -0.25) is 13.8 Å². The van der Waals surface area contributed by atoms with Gasteiger partial charge in [0, 0.05) is 52.7 Å². The molecule has 10 heteroatoms. The Labute approximate surface area is 261 Å². The Morgan fingerprint density at radius 2 is 1.75 bits per heavy atom. The molecule has 0 radical (unpaired) electrons. The van der Waals surface area contributed by atoms with Crippen molar-refractivity contribution in [3.8, 4) is 11.5 Å². The van der Waals surface area contributed by atoms with Gasteiger partial charge in [0.2, 0.25) is 0 Å². The quantitative estimate of drug-likeness (QED) is 0.323. The topological polar surface area (TPSA) is 104 Å². The largest absolute Gasteiger partial charge is 0.497 e. The highest BCUT2D eigenvalue weighted by Crippen LogP contribution is 2.36. The minimum Gasteiger partial charge on any atom is -0.497 e. The van der Waals surface area contributed by atoms with Crippen LogP contribution in [0.25, 0.3) is 11.6 Å². The minimum atomic E-state index is -1.38. The van der Waals surface area contributed by atoms with E-state index in [1.807, 2.05) is 38.1 Å². The van der Waals surface area contributed by atoms with Crippen molar-refractivity contribution in [3.05, 3.63) is 70.0 Å². The Morgan fingerprint density at radius 3 is 2.45 bits per heavy atom. The third-order valence-corrected chi connectivity index (χ3v) is 10.4. The molecular weight excluding hydrogens is 576 g/mol. The first-order valence-corrected chi connectivity index (χ1v) is 16.6. The van der Waals surface area contributed by atoms with Crippen molar-refractivity contribution in [2.75, 3.05) is 45.7 Å². The minimum absolute atomic E-state index is 0.0609. The lowest BCUT2D eigenvalue weighted by Gasteiger charge is -2.28. The van der Waals surface area contributed by atoms with Gasteiger partial charge < -0.3 is 29.6 Å². The van der Waals surface area contributed by atoms with Crippen LogP contribution in [0.5, 0.6) is 11.5 Å². The lowest BCUT2D eigenvalue weighted by atomic mass is 10.0. The molecule has 9 nitrogen and oxygen atoms in total. The van der Waals surface area contributed by atoms with Gasteiger partial charge >= 0.3 is 0 Å². The first kappa shape index (κ1) is 30.1. The average molecular weight is 617 g/mol. The molecule has 1 aromatic heterocycles. The fourth-order valence-corrected chi connectivity index (χ4v) is 7.83. The molecule has 2 amide bonds. The smallest absolute Gasteiger partial charge is 0.256 e. The molecule has 2 atom stereocenters. The lowest BCUT2D eigenvalue weighted by Crippen LogP contribution is -2.42. The van der Waals surface area contributed by atoms with Crippen molar-refractivity contribution in [2.45, 2.75) is 56.2 Å². The van der Waals surface area contributed by atoms with Crippen molar-refractivity contribution >= 4 is 40.0 Å². The second kappa shape index (κ2) is 12.6. The van der Waals surface area contributed by atoms with Crippen molar-refractivity contribution in [3.63, 3.8) is 0 Å². The summed E-state index contributed by atoms with van der Waals surface area (Å²) in [5, 5.41) is 2.93. The SMILES string of the molecule is COc1cc(CS(=O)c2ccc3c(c2)/C(=C/c2[nH]c(C)c(C(=O)N4CCC[C@@H]4CN4CCCC4)c2C)C(=O)N3)cc(OC)c1. The third-order valence-electron chi connectivity index (χ3n) is 9.03. The van der Waals surface area contributed by atoms with Gasteiger partial charge in [-0.25, -0.2) is 0 Å². The molecule has 0 bridgehead atoms. The number of nitrogens with one attached hydrogen (secondary N) is 2. The maximum Gasteiger partial charge on any atom is 0.256 e. The van der Waals surface area contributed by atoms with Gasteiger partial charge in [0.25, 0.3) is 11.8 Å². The molecule has 0 saturated carbocycles. The van der Waals surface area contributed by atoms with Crippen LogP contribution in [0.1, 0.15) is 64.1 Å². The number of fused-ring (bicyclic) bond motifs is 1. The molecule has 0 spiro atoms. The number of hydrogen-bond acceptors (Lipinski definition) is 6. The summed E-state index contributed by atoms with van der Waals surface area (Å²) < 4.78 is 24.2. The van der Waals surface area contributed by atoms with Crippen LogP contribution >= 0.6 is 0 Å². The molecule has 3 aromatic rings. The third kappa shape index (κ3) is 5.93. The zero-order valence-electron chi connectivity index (χ0n) is 25.8. The number of aryl methyl sites for hydroxylation is 1. The fraction of sp³-hybridized carbons (Fsp3) is 0.412. The number of aromatic nitrogens is 1. The van der Waals surface area contributed by atoms with Gasteiger partial charge in [0.1, 0.15) is 11.5 Å². The van der Waals surface area contributed by atoms with Gasteiger partial charge in [-0.05, 0) is 100 Å².